The maximum absolute atomic E-state index is 12.3. The van der Waals surface area contributed by atoms with Crippen molar-refractivity contribution < 1.29 is 9.53 Å². The Morgan fingerprint density at radius 3 is 2.79 bits per heavy atom. The van der Waals surface area contributed by atoms with Gasteiger partial charge in [0.2, 0.25) is 0 Å². The van der Waals surface area contributed by atoms with Crippen molar-refractivity contribution in [2.45, 2.75) is 26.4 Å². The lowest BCUT2D eigenvalue weighted by molar-refractivity contribution is 0.0948. The number of fused-ring (bicyclic) bond motifs is 1. The van der Waals surface area contributed by atoms with Crippen LogP contribution < -0.4 is 10.1 Å². The molecule has 1 amide bonds. The highest BCUT2D eigenvalue weighted by atomic mass is 16.5. The summed E-state index contributed by atoms with van der Waals surface area (Å²) in [5.41, 5.74) is 3.59. The number of methoxy groups -OCH3 is 1. The van der Waals surface area contributed by atoms with E-state index < -0.39 is 0 Å². The molecule has 0 fully saturated rings. The molecule has 1 heterocycles. The summed E-state index contributed by atoms with van der Waals surface area (Å²) >= 11 is 0. The molecule has 0 unspecified atom stereocenters. The van der Waals surface area contributed by atoms with Crippen molar-refractivity contribution in [1.29, 1.82) is 0 Å². The molecule has 0 radical (unpaired) electrons. The van der Waals surface area contributed by atoms with Gasteiger partial charge in [-0.3, -0.25) is 4.79 Å². The lowest BCUT2D eigenvalue weighted by atomic mass is 10.1. The minimum absolute atomic E-state index is 0.153. The second-order valence-electron chi connectivity index (χ2n) is 5.95. The Hall–Kier alpha value is -2.82. The number of hydrogen-bond acceptors (Lipinski definition) is 3. The van der Waals surface area contributed by atoms with Crippen LogP contribution in [0.15, 0.2) is 48.8 Å². The van der Waals surface area contributed by atoms with Crippen LogP contribution in [0.25, 0.3) is 11.0 Å². The Morgan fingerprint density at radius 2 is 2.04 bits per heavy atom. The van der Waals surface area contributed by atoms with Crippen LogP contribution in [0.5, 0.6) is 5.75 Å². The van der Waals surface area contributed by atoms with Gasteiger partial charge in [-0.05, 0) is 43.7 Å². The second-order valence-corrected chi connectivity index (χ2v) is 5.95. The van der Waals surface area contributed by atoms with Crippen molar-refractivity contribution in [2.75, 3.05) is 7.11 Å². The topological polar surface area (TPSA) is 56.1 Å². The molecule has 0 saturated carbocycles. The average Bonchev–Trinajstić information content (AvgIpc) is 3.03. The molecule has 5 nitrogen and oxygen atoms in total. The van der Waals surface area contributed by atoms with Gasteiger partial charge in [-0.15, -0.1) is 0 Å². The molecule has 0 atom stereocenters. The van der Waals surface area contributed by atoms with E-state index in [1.165, 1.54) is 0 Å². The molecular formula is C19H21N3O2. The fraction of sp³-hybridized carbons (Fsp3) is 0.263. The molecule has 3 aromatic rings. The van der Waals surface area contributed by atoms with E-state index in [1.54, 1.807) is 19.2 Å². The number of amides is 1. The number of carbonyl (C=O) groups is 1. The predicted octanol–water partition coefficient (Wildman–Crippen LogP) is 3.56. The molecule has 0 aliphatic heterocycles. The fourth-order valence-corrected chi connectivity index (χ4v) is 2.71. The van der Waals surface area contributed by atoms with Crippen molar-refractivity contribution >= 4 is 16.9 Å². The first-order chi connectivity index (χ1) is 11.6. The molecule has 0 bridgehead atoms. The van der Waals surface area contributed by atoms with Gasteiger partial charge in [-0.1, -0.05) is 18.2 Å². The molecule has 3 rings (SSSR count). The van der Waals surface area contributed by atoms with Gasteiger partial charge < -0.3 is 14.6 Å². The largest absolute Gasteiger partial charge is 0.496 e. The van der Waals surface area contributed by atoms with E-state index in [2.05, 4.69) is 28.7 Å². The van der Waals surface area contributed by atoms with Crippen LogP contribution in [0.4, 0.5) is 0 Å². The van der Waals surface area contributed by atoms with Crippen LogP contribution >= 0.6 is 0 Å². The summed E-state index contributed by atoms with van der Waals surface area (Å²) < 4.78 is 7.36. The van der Waals surface area contributed by atoms with Crippen molar-refractivity contribution in [3.63, 3.8) is 0 Å². The van der Waals surface area contributed by atoms with Gasteiger partial charge in [-0.25, -0.2) is 4.98 Å². The van der Waals surface area contributed by atoms with Crippen LogP contribution in [0.1, 0.15) is 35.8 Å². The van der Waals surface area contributed by atoms with E-state index in [0.29, 0.717) is 23.9 Å². The smallest absolute Gasteiger partial charge is 0.255 e. The summed E-state index contributed by atoms with van der Waals surface area (Å²) in [6, 6.07) is 13.6. The third-order valence-corrected chi connectivity index (χ3v) is 4.00. The highest BCUT2D eigenvalue weighted by Crippen LogP contribution is 2.20. The molecular weight excluding hydrogens is 302 g/mol. The first-order valence-corrected chi connectivity index (χ1v) is 7.97. The summed E-state index contributed by atoms with van der Waals surface area (Å²) in [6.45, 7) is 4.70. The van der Waals surface area contributed by atoms with E-state index in [0.717, 1.165) is 16.6 Å². The predicted molar refractivity (Wildman–Crippen MR) is 94.3 cm³/mol. The van der Waals surface area contributed by atoms with Crippen molar-refractivity contribution in [3.8, 4) is 5.75 Å². The van der Waals surface area contributed by atoms with E-state index in [4.69, 9.17) is 4.74 Å². The van der Waals surface area contributed by atoms with Gasteiger partial charge in [0.15, 0.2) is 0 Å². The monoisotopic (exact) mass is 323 g/mol. The summed E-state index contributed by atoms with van der Waals surface area (Å²) in [5, 5.41) is 2.93. The molecule has 0 aliphatic rings. The number of hydrogen-bond donors (Lipinski definition) is 1. The molecule has 0 saturated heterocycles. The number of rotatable bonds is 5. The minimum Gasteiger partial charge on any atom is -0.496 e. The lowest BCUT2D eigenvalue weighted by Gasteiger charge is -2.10. The Kier molecular flexibility index (Phi) is 4.51. The van der Waals surface area contributed by atoms with Gasteiger partial charge >= 0.3 is 0 Å². The minimum atomic E-state index is -0.153. The number of nitrogens with one attached hydrogen (secondary N) is 1. The van der Waals surface area contributed by atoms with E-state index in [-0.39, 0.29) is 5.91 Å². The van der Waals surface area contributed by atoms with Gasteiger partial charge in [0, 0.05) is 12.6 Å². The van der Waals surface area contributed by atoms with Gasteiger partial charge in [0.1, 0.15) is 5.75 Å². The third kappa shape index (κ3) is 3.11. The summed E-state index contributed by atoms with van der Waals surface area (Å²) in [5.74, 6) is 0.418. The molecule has 0 spiro atoms. The van der Waals surface area contributed by atoms with E-state index in [9.17, 15) is 4.79 Å². The van der Waals surface area contributed by atoms with Crippen molar-refractivity contribution in [3.05, 3.63) is 59.9 Å². The molecule has 24 heavy (non-hydrogen) atoms. The third-order valence-electron chi connectivity index (χ3n) is 4.00. The summed E-state index contributed by atoms with van der Waals surface area (Å²) in [7, 11) is 1.56. The Morgan fingerprint density at radius 1 is 1.25 bits per heavy atom. The number of nitrogens with zero attached hydrogens (tertiary/aromatic N) is 2. The molecule has 1 aromatic heterocycles. The summed E-state index contributed by atoms with van der Waals surface area (Å²) in [6.07, 6.45) is 1.85. The maximum Gasteiger partial charge on any atom is 0.255 e. The zero-order valence-corrected chi connectivity index (χ0v) is 14.1. The highest BCUT2D eigenvalue weighted by molar-refractivity contribution is 5.96. The first kappa shape index (κ1) is 16.1. The number of carbonyl (C=O) groups excluding carboxylic acids is 1. The van der Waals surface area contributed by atoms with Crippen molar-refractivity contribution in [2.24, 2.45) is 0 Å². The number of ether oxygens (including phenoxy) is 1. The number of para-hydroxylation sites is 1. The van der Waals surface area contributed by atoms with E-state index in [1.807, 2.05) is 36.7 Å². The van der Waals surface area contributed by atoms with Gasteiger partial charge in [-0.2, -0.15) is 0 Å². The number of imidazole rings is 1. The normalized spacial score (nSPS) is 11.0. The quantitative estimate of drug-likeness (QED) is 0.781. The second kappa shape index (κ2) is 6.74. The zero-order valence-electron chi connectivity index (χ0n) is 14.1. The molecule has 2 aromatic carbocycles. The highest BCUT2D eigenvalue weighted by Gasteiger charge is 2.11. The average molecular weight is 323 g/mol. The Bertz CT molecular complexity index is 868. The van der Waals surface area contributed by atoms with Crippen LogP contribution in [0, 0.1) is 0 Å². The van der Waals surface area contributed by atoms with Crippen LogP contribution in [0.2, 0.25) is 0 Å². The van der Waals surface area contributed by atoms with Crippen molar-refractivity contribution in [1.82, 2.24) is 14.9 Å². The Labute approximate surface area is 141 Å². The summed E-state index contributed by atoms with van der Waals surface area (Å²) in [4.78, 5) is 16.8. The van der Waals surface area contributed by atoms with E-state index >= 15 is 0 Å². The van der Waals surface area contributed by atoms with Crippen LogP contribution in [-0.2, 0) is 6.54 Å². The fourth-order valence-electron chi connectivity index (χ4n) is 2.71. The first-order valence-electron chi connectivity index (χ1n) is 7.97. The number of aromatic nitrogens is 2. The zero-order chi connectivity index (χ0) is 17.1. The molecule has 1 N–H and O–H groups in total. The standard InChI is InChI=1S/C19H21N3O2/c1-13(2)22-12-21-16-10-14(8-9-17(16)22)11-20-19(23)15-6-4-5-7-18(15)24-3/h4-10,12-13H,11H2,1-3H3,(H,20,23). The molecule has 0 aliphatic carbocycles. The van der Waals surface area contributed by atoms with Gasteiger partial charge in [0.25, 0.3) is 5.91 Å². The Balaban J connectivity index is 1.75. The maximum atomic E-state index is 12.3. The molecule has 124 valence electrons. The SMILES string of the molecule is COc1ccccc1C(=O)NCc1ccc2c(c1)ncn2C(C)C. The number of benzene rings is 2. The lowest BCUT2D eigenvalue weighted by Crippen LogP contribution is -2.23. The van der Waals surface area contributed by atoms with Gasteiger partial charge in [0.05, 0.1) is 30.0 Å². The molecule has 5 heteroatoms. The van der Waals surface area contributed by atoms with Crippen LogP contribution in [-0.4, -0.2) is 22.6 Å². The van der Waals surface area contributed by atoms with Crippen LogP contribution in [0.3, 0.4) is 0 Å².